The van der Waals surface area contributed by atoms with Crippen molar-refractivity contribution >= 4 is 0 Å². The molecule has 0 atom stereocenters. The molecule has 1 saturated carbocycles. The third kappa shape index (κ3) is 1.98. The number of para-hydroxylation sites is 2. The third-order valence-electron chi connectivity index (χ3n) is 4.55. The molecule has 0 N–H and O–H groups in total. The Bertz CT molecular complexity index is 520. The standard InChI is InChI=1S/C16H22N2/c1-15(2,3)12-8-10-16(11-9-12)17-13-6-4-5-7-14(13)18-16/h4-7,12H,8-11H2,1-3H3. The predicted molar refractivity (Wildman–Crippen MR) is 72.9 cm³/mol. The molecule has 1 aliphatic carbocycles. The first-order chi connectivity index (χ1) is 8.49. The maximum atomic E-state index is 4.89. The number of nitrogens with zero attached hydrogens (tertiary/aromatic N) is 2. The zero-order valence-electron chi connectivity index (χ0n) is 11.6. The predicted octanol–water partition coefficient (Wildman–Crippen LogP) is 2.87. The van der Waals surface area contributed by atoms with Crippen LogP contribution in [0.4, 0.5) is 0 Å². The van der Waals surface area contributed by atoms with Crippen LogP contribution in [0.3, 0.4) is 0 Å². The van der Waals surface area contributed by atoms with Gasteiger partial charge in [-0.2, -0.15) is 0 Å². The van der Waals surface area contributed by atoms with Gasteiger partial charge < -0.3 is 0 Å². The van der Waals surface area contributed by atoms with E-state index in [1.54, 1.807) is 0 Å². The Morgan fingerprint density at radius 1 is 1.00 bits per heavy atom. The Labute approximate surface area is 109 Å². The Morgan fingerprint density at radius 3 is 1.94 bits per heavy atom. The maximum Gasteiger partial charge on any atom is 0.151 e. The Kier molecular flexibility index (Phi) is 2.58. The highest BCUT2D eigenvalue weighted by molar-refractivity contribution is 5.08. The van der Waals surface area contributed by atoms with E-state index in [0.717, 1.165) is 29.5 Å². The van der Waals surface area contributed by atoms with Crippen LogP contribution in [0.5, 0.6) is 0 Å². The number of benzene rings is 1. The van der Waals surface area contributed by atoms with E-state index in [9.17, 15) is 0 Å². The molecule has 0 saturated heterocycles. The van der Waals surface area contributed by atoms with E-state index in [-0.39, 0.29) is 5.66 Å². The minimum atomic E-state index is -0.120. The van der Waals surface area contributed by atoms with Crippen molar-refractivity contribution in [3.05, 3.63) is 35.0 Å². The van der Waals surface area contributed by atoms with E-state index >= 15 is 0 Å². The minimum Gasteiger partial charge on any atom is -0.253 e. The van der Waals surface area contributed by atoms with Gasteiger partial charge in [0.2, 0.25) is 0 Å². The summed E-state index contributed by atoms with van der Waals surface area (Å²) >= 11 is 0. The zero-order valence-corrected chi connectivity index (χ0v) is 11.6. The second-order valence-electron chi connectivity index (χ2n) is 6.84. The normalized spacial score (nSPS) is 22.4. The number of fused-ring (bicyclic) bond motifs is 1. The molecular formula is C16H22N2. The fourth-order valence-electron chi connectivity index (χ4n) is 3.30. The van der Waals surface area contributed by atoms with E-state index in [2.05, 4.69) is 45.0 Å². The average molecular weight is 242 g/mol. The van der Waals surface area contributed by atoms with Gasteiger partial charge in [-0.25, -0.2) is 0 Å². The van der Waals surface area contributed by atoms with Crippen molar-refractivity contribution in [2.24, 2.45) is 21.3 Å². The van der Waals surface area contributed by atoms with Crippen molar-refractivity contribution in [1.29, 1.82) is 0 Å². The summed E-state index contributed by atoms with van der Waals surface area (Å²) in [5, 5.41) is 2.18. The zero-order chi connectivity index (χ0) is 12.8. The largest absolute Gasteiger partial charge is 0.253 e. The van der Waals surface area contributed by atoms with Crippen LogP contribution in [0.15, 0.2) is 34.3 Å². The quantitative estimate of drug-likeness (QED) is 0.668. The van der Waals surface area contributed by atoms with Gasteiger partial charge in [-0.1, -0.05) is 32.9 Å². The SMILES string of the molecule is CC(C)(C)C1CCC2(CC1)N=c1ccccc1=N2. The summed E-state index contributed by atoms with van der Waals surface area (Å²) in [5.74, 6) is 0.817. The van der Waals surface area contributed by atoms with Gasteiger partial charge in [0.15, 0.2) is 5.66 Å². The summed E-state index contributed by atoms with van der Waals surface area (Å²) in [7, 11) is 0. The summed E-state index contributed by atoms with van der Waals surface area (Å²) in [6.45, 7) is 7.06. The van der Waals surface area contributed by atoms with E-state index in [1.807, 2.05) is 0 Å². The van der Waals surface area contributed by atoms with Gasteiger partial charge in [0, 0.05) is 0 Å². The van der Waals surface area contributed by atoms with Crippen molar-refractivity contribution in [2.75, 3.05) is 0 Å². The van der Waals surface area contributed by atoms with Crippen LogP contribution in [0, 0.1) is 11.3 Å². The van der Waals surface area contributed by atoms with Gasteiger partial charge >= 0.3 is 0 Å². The molecule has 1 spiro atoms. The van der Waals surface area contributed by atoms with Crippen LogP contribution in [0.2, 0.25) is 0 Å². The van der Waals surface area contributed by atoms with Crippen molar-refractivity contribution in [3.8, 4) is 0 Å². The molecule has 0 aromatic heterocycles. The van der Waals surface area contributed by atoms with Crippen LogP contribution < -0.4 is 10.7 Å². The number of hydrogen-bond donors (Lipinski definition) is 0. The topological polar surface area (TPSA) is 24.7 Å². The van der Waals surface area contributed by atoms with Gasteiger partial charge in [0.05, 0.1) is 10.7 Å². The molecule has 0 amide bonds. The van der Waals surface area contributed by atoms with Crippen molar-refractivity contribution < 1.29 is 0 Å². The van der Waals surface area contributed by atoms with Gasteiger partial charge in [-0.15, -0.1) is 0 Å². The summed E-state index contributed by atoms with van der Waals surface area (Å²) in [4.78, 5) is 9.78. The molecule has 3 rings (SSSR count). The summed E-state index contributed by atoms with van der Waals surface area (Å²) in [5.41, 5.74) is 0.304. The summed E-state index contributed by atoms with van der Waals surface area (Å²) in [6, 6.07) is 8.28. The summed E-state index contributed by atoms with van der Waals surface area (Å²) < 4.78 is 0. The fraction of sp³-hybridized carbons (Fsp3) is 0.625. The fourth-order valence-corrected chi connectivity index (χ4v) is 3.30. The molecule has 18 heavy (non-hydrogen) atoms. The first-order valence-electron chi connectivity index (χ1n) is 7.03. The third-order valence-corrected chi connectivity index (χ3v) is 4.55. The first-order valence-corrected chi connectivity index (χ1v) is 7.03. The van der Waals surface area contributed by atoms with Crippen LogP contribution >= 0.6 is 0 Å². The molecule has 1 fully saturated rings. The lowest BCUT2D eigenvalue weighted by atomic mass is 9.70. The Balaban J connectivity index is 1.84. The lowest BCUT2D eigenvalue weighted by Crippen LogP contribution is -2.34. The molecule has 96 valence electrons. The molecule has 2 aliphatic rings. The molecule has 0 radical (unpaired) electrons. The molecule has 1 aliphatic heterocycles. The van der Waals surface area contributed by atoms with Crippen molar-refractivity contribution in [1.82, 2.24) is 0 Å². The second kappa shape index (κ2) is 3.91. The maximum absolute atomic E-state index is 4.89. The van der Waals surface area contributed by atoms with E-state index in [4.69, 9.17) is 9.98 Å². The molecule has 0 unspecified atom stereocenters. The van der Waals surface area contributed by atoms with Crippen molar-refractivity contribution in [2.45, 2.75) is 52.1 Å². The van der Waals surface area contributed by atoms with Crippen LogP contribution in [0.25, 0.3) is 0 Å². The first kappa shape index (κ1) is 11.9. The monoisotopic (exact) mass is 242 g/mol. The highest BCUT2D eigenvalue weighted by atomic mass is 15.1. The van der Waals surface area contributed by atoms with Crippen LogP contribution in [0.1, 0.15) is 46.5 Å². The molecule has 2 nitrogen and oxygen atoms in total. The van der Waals surface area contributed by atoms with E-state index in [0.29, 0.717) is 5.41 Å². The number of rotatable bonds is 0. The molecule has 1 aromatic carbocycles. The Morgan fingerprint density at radius 2 is 1.50 bits per heavy atom. The smallest absolute Gasteiger partial charge is 0.151 e. The van der Waals surface area contributed by atoms with Gasteiger partial charge in [0.25, 0.3) is 0 Å². The lowest BCUT2D eigenvalue weighted by molar-refractivity contribution is 0.138. The molecule has 1 aromatic rings. The lowest BCUT2D eigenvalue weighted by Gasteiger charge is -2.39. The van der Waals surface area contributed by atoms with Crippen LogP contribution in [-0.2, 0) is 0 Å². The van der Waals surface area contributed by atoms with Gasteiger partial charge in [-0.05, 0) is 49.1 Å². The molecule has 2 heteroatoms. The molecular weight excluding hydrogens is 220 g/mol. The number of hydrogen-bond acceptors (Lipinski definition) is 2. The van der Waals surface area contributed by atoms with Gasteiger partial charge in [-0.3, -0.25) is 9.98 Å². The highest BCUT2D eigenvalue weighted by Crippen LogP contribution is 2.43. The van der Waals surface area contributed by atoms with Crippen molar-refractivity contribution in [3.63, 3.8) is 0 Å². The molecule has 0 bridgehead atoms. The van der Waals surface area contributed by atoms with Crippen LogP contribution in [-0.4, -0.2) is 5.66 Å². The Hall–Kier alpha value is -1.18. The van der Waals surface area contributed by atoms with Gasteiger partial charge in [0.1, 0.15) is 0 Å². The highest BCUT2D eigenvalue weighted by Gasteiger charge is 2.39. The second-order valence-corrected chi connectivity index (χ2v) is 6.84. The molecule has 1 heterocycles. The summed E-state index contributed by atoms with van der Waals surface area (Å²) in [6.07, 6.45) is 4.74. The average Bonchev–Trinajstić information content (AvgIpc) is 2.65. The minimum absolute atomic E-state index is 0.120. The van der Waals surface area contributed by atoms with E-state index in [1.165, 1.54) is 12.8 Å². The van der Waals surface area contributed by atoms with E-state index < -0.39 is 0 Å².